The van der Waals surface area contributed by atoms with Gasteiger partial charge >= 0.3 is 0 Å². The van der Waals surface area contributed by atoms with Gasteiger partial charge in [0.25, 0.3) is 0 Å². The van der Waals surface area contributed by atoms with Crippen molar-refractivity contribution in [1.82, 2.24) is 10.6 Å². The number of amides is 1. The van der Waals surface area contributed by atoms with Gasteiger partial charge in [-0.1, -0.05) is 17.7 Å². The number of Topliss-reactive ketones (excluding diaryl/α,β-unsaturated/α-hetero) is 1. The highest BCUT2D eigenvalue weighted by molar-refractivity contribution is 5.99. The second kappa shape index (κ2) is 8.82. The maximum absolute atomic E-state index is 12.3. The molecular weight excluding hydrogens is 288 g/mol. The average Bonchev–Trinajstić information content (AvgIpc) is 2.56. The molecule has 1 amide bonds. The molecule has 1 aliphatic rings. The number of rotatable bonds is 7. The van der Waals surface area contributed by atoms with Crippen LogP contribution in [0.1, 0.15) is 53.6 Å². The number of aryl methyl sites for hydroxylation is 2. The minimum absolute atomic E-state index is 0.0209. The molecule has 0 aromatic heterocycles. The van der Waals surface area contributed by atoms with Gasteiger partial charge in [-0.3, -0.25) is 9.59 Å². The van der Waals surface area contributed by atoms with E-state index >= 15 is 0 Å². The summed E-state index contributed by atoms with van der Waals surface area (Å²) in [6.07, 6.45) is 4.04. The minimum Gasteiger partial charge on any atom is -0.356 e. The van der Waals surface area contributed by atoms with Crippen molar-refractivity contribution in [1.29, 1.82) is 0 Å². The van der Waals surface area contributed by atoms with Crippen molar-refractivity contribution in [3.8, 4) is 0 Å². The standard InChI is InChI=1S/C19H28N2O2/c1-14-5-6-15(2)17(12-14)18(22)7-8-19(23)21-11-9-16-4-3-10-20-13-16/h5-6,12,16,20H,3-4,7-11,13H2,1-2H3,(H,21,23). The molecule has 23 heavy (non-hydrogen) atoms. The van der Waals surface area contributed by atoms with E-state index in [4.69, 9.17) is 0 Å². The van der Waals surface area contributed by atoms with Crippen molar-refractivity contribution < 1.29 is 9.59 Å². The summed E-state index contributed by atoms with van der Waals surface area (Å²) in [5.74, 6) is 0.700. The van der Waals surface area contributed by atoms with Gasteiger partial charge in [0.1, 0.15) is 0 Å². The molecule has 0 saturated carbocycles. The largest absolute Gasteiger partial charge is 0.356 e. The third-order valence-electron chi connectivity index (χ3n) is 4.55. The molecule has 1 aromatic carbocycles. The highest BCUT2D eigenvalue weighted by atomic mass is 16.2. The van der Waals surface area contributed by atoms with Gasteiger partial charge in [0, 0.05) is 24.9 Å². The Balaban J connectivity index is 1.69. The lowest BCUT2D eigenvalue weighted by molar-refractivity contribution is -0.121. The van der Waals surface area contributed by atoms with Crippen LogP contribution in [-0.2, 0) is 4.79 Å². The van der Waals surface area contributed by atoms with E-state index in [-0.39, 0.29) is 24.5 Å². The highest BCUT2D eigenvalue weighted by Gasteiger charge is 2.14. The van der Waals surface area contributed by atoms with Crippen LogP contribution in [-0.4, -0.2) is 31.3 Å². The van der Waals surface area contributed by atoms with E-state index in [1.165, 1.54) is 12.8 Å². The lowest BCUT2D eigenvalue weighted by atomic mass is 9.96. The summed E-state index contributed by atoms with van der Waals surface area (Å²) in [5.41, 5.74) is 2.79. The van der Waals surface area contributed by atoms with Crippen molar-refractivity contribution in [3.63, 3.8) is 0 Å². The van der Waals surface area contributed by atoms with Crippen LogP contribution in [0.4, 0.5) is 0 Å². The highest BCUT2D eigenvalue weighted by Crippen LogP contribution is 2.14. The summed E-state index contributed by atoms with van der Waals surface area (Å²) in [5, 5.41) is 6.33. The molecule has 1 aromatic rings. The van der Waals surface area contributed by atoms with Crippen LogP contribution < -0.4 is 10.6 Å². The van der Waals surface area contributed by atoms with E-state index in [1.54, 1.807) is 0 Å². The Labute approximate surface area is 139 Å². The molecule has 1 atom stereocenters. The fourth-order valence-corrected chi connectivity index (χ4v) is 3.07. The van der Waals surface area contributed by atoms with Gasteiger partial charge in [-0.25, -0.2) is 0 Å². The fraction of sp³-hybridized carbons (Fsp3) is 0.579. The maximum Gasteiger partial charge on any atom is 0.220 e. The van der Waals surface area contributed by atoms with Crippen LogP contribution in [0, 0.1) is 19.8 Å². The van der Waals surface area contributed by atoms with Crippen LogP contribution in [0.15, 0.2) is 18.2 Å². The van der Waals surface area contributed by atoms with Crippen molar-refractivity contribution in [2.75, 3.05) is 19.6 Å². The van der Waals surface area contributed by atoms with Crippen molar-refractivity contribution in [2.45, 2.75) is 46.0 Å². The first-order chi connectivity index (χ1) is 11.1. The van der Waals surface area contributed by atoms with Crippen LogP contribution in [0.2, 0.25) is 0 Å². The van der Waals surface area contributed by atoms with E-state index in [0.717, 1.165) is 36.2 Å². The maximum atomic E-state index is 12.3. The molecule has 0 radical (unpaired) electrons. The zero-order valence-electron chi connectivity index (χ0n) is 14.3. The molecule has 1 heterocycles. The molecule has 0 bridgehead atoms. The number of carbonyl (C=O) groups is 2. The fourth-order valence-electron chi connectivity index (χ4n) is 3.07. The molecule has 0 spiro atoms. The van der Waals surface area contributed by atoms with Gasteiger partial charge in [-0.05, 0) is 63.7 Å². The van der Waals surface area contributed by atoms with Crippen molar-refractivity contribution in [3.05, 3.63) is 34.9 Å². The van der Waals surface area contributed by atoms with Gasteiger partial charge in [0.15, 0.2) is 5.78 Å². The van der Waals surface area contributed by atoms with Crippen LogP contribution in [0.25, 0.3) is 0 Å². The average molecular weight is 316 g/mol. The Morgan fingerprint density at radius 1 is 1.26 bits per heavy atom. The number of benzene rings is 1. The molecule has 0 aliphatic carbocycles. The molecule has 1 aliphatic heterocycles. The Morgan fingerprint density at radius 3 is 2.83 bits per heavy atom. The summed E-state index contributed by atoms with van der Waals surface area (Å²) in [7, 11) is 0. The number of hydrogen-bond acceptors (Lipinski definition) is 3. The van der Waals surface area contributed by atoms with Gasteiger partial charge in [-0.2, -0.15) is 0 Å². The first-order valence-electron chi connectivity index (χ1n) is 8.64. The van der Waals surface area contributed by atoms with E-state index in [0.29, 0.717) is 12.5 Å². The molecule has 1 fully saturated rings. The van der Waals surface area contributed by atoms with Crippen molar-refractivity contribution >= 4 is 11.7 Å². The van der Waals surface area contributed by atoms with Crippen molar-refractivity contribution in [2.24, 2.45) is 5.92 Å². The molecule has 4 nitrogen and oxygen atoms in total. The SMILES string of the molecule is Cc1ccc(C)c(C(=O)CCC(=O)NCCC2CCCNC2)c1. The smallest absolute Gasteiger partial charge is 0.220 e. The normalized spacial score (nSPS) is 17.7. The Bertz CT molecular complexity index is 548. The number of nitrogens with one attached hydrogen (secondary N) is 2. The summed E-state index contributed by atoms with van der Waals surface area (Å²) in [4.78, 5) is 24.1. The Morgan fingerprint density at radius 2 is 2.09 bits per heavy atom. The zero-order chi connectivity index (χ0) is 16.7. The van der Waals surface area contributed by atoms with Gasteiger partial charge in [0.2, 0.25) is 5.91 Å². The number of piperidine rings is 1. The summed E-state index contributed by atoms with van der Waals surface area (Å²) >= 11 is 0. The van der Waals surface area contributed by atoms with Gasteiger partial charge in [0.05, 0.1) is 0 Å². The minimum atomic E-state index is -0.0209. The molecule has 1 saturated heterocycles. The molecule has 4 heteroatoms. The number of ketones is 1. The van der Waals surface area contributed by atoms with E-state index in [2.05, 4.69) is 10.6 Å². The predicted molar refractivity (Wildman–Crippen MR) is 92.7 cm³/mol. The summed E-state index contributed by atoms with van der Waals surface area (Å²) in [6.45, 7) is 6.79. The van der Waals surface area contributed by atoms with Gasteiger partial charge in [-0.15, -0.1) is 0 Å². The monoisotopic (exact) mass is 316 g/mol. The van der Waals surface area contributed by atoms with E-state index < -0.39 is 0 Å². The quantitative estimate of drug-likeness (QED) is 0.761. The predicted octanol–water partition coefficient (Wildman–Crippen LogP) is 2.77. The van der Waals surface area contributed by atoms with Crippen LogP contribution in [0.3, 0.4) is 0 Å². The zero-order valence-corrected chi connectivity index (χ0v) is 14.3. The van der Waals surface area contributed by atoms with E-state index in [9.17, 15) is 9.59 Å². The second-order valence-electron chi connectivity index (χ2n) is 6.59. The van der Waals surface area contributed by atoms with Crippen LogP contribution >= 0.6 is 0 Å². The summed E-state index contributed by atoms with van der Waals surface area (Å²) in [6, 6.07) is 5.87. The summed E-state index contributed by atoms with van der Waals surface area (Å²) < 4.78 is 0. The van der Waals surface area contributed by atoms with Crippen LogP contribution in [0.5, 0.6) is 0 Å². The second-order valence-corrected chi connectivity index (χ2v) is 6.59. The lowest BCUT2D eigenvalue weighted by Crippen LogP contribution is -2.33. The van der Waals surface area contributed by atoms with E-state index in [1.807, 2.05) is 32.0 Å². The molecule has 126 valence electrons. The topological polar surface area (TPSA) is 58.2 Å². The molecule has 1 unspecified atom stereocenters. The van der Waals surface area contributed by atoms with Gasteiger partial charge < -0.3 is 10.6 Å². The number of hydrogen-bond donors (Lipinski definition) is 2. The lowest BCUT2D eigenvalue weighted by Gasteiger charge is -2.22. The first kappa shape index (κ1) is 17.7. The number of carbonyl (C=O) groups excluding carboxylic acids is 2. The Kier molecular flexibility index (Phi) is 6.78. The molecule has 2 rings (SSSR count). The molecule has 2 N–H and O–H groups in total. The third kappa shape index (κ3) is 5.79. The Hall–Kier alpha value is -1.68. The first-order valence-corrected chi connectivity index (χ1v) is 8.64. The molecular formula is C19H28N2O2. The third-order valence-corrected chi connectivity index (χ3v) is 4.55.